The Labute approximate surface area is 81.7 Å². The molecule has 6 heteroatoms. The first kappa shape index (κ1) is 13.0. The predicted molar refractivity (Wildman–Crippen MR) is 47.2 cm³/mol. The highest BCUT2D eigenvalue weighted by Crippen LogP contribution is 2.36. The molecule has 0 unspecified atom stereocenters. The Balaban J connectivity index is 0.00000144. The summed E-state index contributed by atoms with van der Waals surface area (Å²) in [6.07, 6.45) is -3.90. The van der Waals surface area contributed by atoms with Gasteiger partial charge in [0.25, 0.3) is 0 Å². The molecule has 0 aromatic rings. The molecule has 0 spiro atoms. The van der Waals surface area contributed by atoms with E-state index in [1.165, 1.54) is 7.05 Å². The molecule has 1 aliphatic rings. The number of piperidine rings is 1. The van der Waals surface area contributed by atoms with Crippen molar-refractivity contribution in [2.75, 3.05) is 20.1 Å². The number of nitrogens with one attached hydrogen (secondary N) is 2. The fourth-order valence-electron chi connectivity index (χ4n) is 1.53. The van der Waals surface area contributed by atoms with Gasteiger partial charge in [0.05, 0.1) is 0 Å². The molecular weight excluding hydrogens is 205 g/mol. The van der Waals surface area contributed by atoms with Gasteiger partial charge in [-0.2, -0.15) is 13.2 Å². The van der Waals surface area contributed by atoms with Gasteiger partial charge in [0.1, 0.15) is 5.54 Å². The minimum absolute atomic E-state index is 0. The topological polar surface area (TPSA) is 24.1 Å². The summed E-state index contributed by atoms with van der Waals surface area (Å²) in [6.45, 7) is 0.862. The monoisotopic (exact) mass is 218 g/mol. The van der Waals surface area contributed by atoms with E-state index in [2.05, 4.69) is 10.6 Å². The molecule has 0 amide bonds. The number of hydrogen-bond acceptors (Lipinski definition) is 2. The van der Waals surface area contributed by atoms with E-state index >= 15 is 0 Å². The van der Waals surface area contributed by atoms with Crippen LogP contribution < -0.4 is 10.6 Å². The van der Waals surface area contributed by atoms with Crippen LogP contribution in [0.25, 0.3) is 0 Å². The van der Waals surface area contributed by atoms with Gasteiger partial charge in [-0.15, -0.1) is 12.4 Å². The molecule has 0 aliphatic carbocycles. The van der Waals surface area contributed by atoms with Crippen molar-refractivity contribution < 1.29 is 13.2 Å². The van der Waals surface area contributed by atoms with Gasteiger partial charge in [0.15, 0.2) is 0 Å². The highest BCUT2D eigenvalue weighted by molar-refractivity contribution is 5.85. The zero-order valence-electron chi connectivity index (χ0n) is 7.37. The highest BCUT2D eigenvalue weighted by Gasteiger charge is 2.53. The van der Waals surface area contributed by atoms with Crippen LogP contribution in [0.1, 0.15) is 12.8 Å². The van der Waals surface area contributed by atoms with E-state index in [9.17, 15) is 13.2 Å². The summed E-state index contributed by atoms with van der Waals surface area (Å²) in [4.78, 5) is 0. The van der Waals surface area contributed by atoms with Gasteiger partial charge in [0, 0.05) is 0 Å². The van der Waals surface area contributed by atoms with E-state index in [-0.39, 0.29) is 25.2 Å². The summed E-state index contributed by atoms with van der Waals surface area (Å²) in [5.41, 5.74) is -1.65. The van der Waals surface area contributed by atoms with Crippen LogP contribution in [-0.2, 0) is 0 Å². The van der Waals surface area contributed by atoms with Crippen LogP contribution in [0.5, 0.6) is 0 Å². The Morgan fingerprint density at radius 3 is 1.92 bits per heavy atom. The Bertz CT molecular complexity index is 154. The fourth-order valence-corrected chi connectivity index (χ4v) is 1.53. The van der Waals surface area contributed by atoms with Crippen LogP contribution in [0.2, 0.25) is 0 Å². The molecule has 0 saturated carbocycles. The average Bonchev–Trinajstić information content (AvgIpc) is 2.04. The van der Waals surface area contributed by atoms with E-state index in [4.69, 9.17) is 0 Å². The molecule has 1 heterocycles. The van der Waals surface area contributed by atoms with E-state index in [0.717, 1.165) is 0 Å². The summed E-state index contributed by atoms with van der Waals surface area (Å²) < 4.78 is 37.5. The third-order valence-electron chi connectivity index (χ3n) is 2.48. The number of alkyl halides is 3. The lowest BCUT2D eigenvalue weighted by Crippen LogP contribution is -2.60. The molecule has 13 heavy (non-hydrogen) atoms. The second kappa shape index (κ2) is 4.48. The van der Waals surface area contributed by atoms with E-state index in [0.29, 0.717) is 13.1 Å². The van der Waals surface area contributed by atoms with Crippen molar-refractivity contribution in [2.24, 2.45) is 0 Å². The zero-order chi connectivity index (χ0) is 9.24. The third kappa shape index (κ3) is 2.48. The minimum atomic E-state index is -4.14. The van der Waals surface area contributed by atoms with Gasteiger partial charge in [-0.05, 0) is 33.0 Å². The maximum Gasteiger partial charge on any atom is 0.406 e. The van der Waals surface area contributed by atoms with Crippen molar-refractivity contribution in [2.45, 2.75) is 24.6 Å². The zero-order valence-corrected chi connectivity index (χ0v) is 8.19. The lowest BCUT2D eigenvalue weighted by Gasteiger charge is -2.38. The van der Waals surface area contributed by atoms with Crippen molar-refractivity contribution in [3.05, 3.63) is 0 Å². The SMILES string of the molecule is CNC1(C(F)(F)F)CCNCC1.Cl. The highest BCUT2D eigenvalue weighted by atomic mass is 35.5. The summed E-state index contributed by atoms with van der Waals surface area (Å²) in [6, 6.07) is 0. The number of rotatable bonds is 1. The van der Waals surface area contributed by atoms with Gasteiger partial charge >= 0.3 is 6.18 Å². The Hall–Kier alpha value is 0. The molecule has 2 nitrogen and oxygen atoms in total. The van der Waals surface area contributed by atoms with Crippen LogP contribution in [0, 0.1) is 0 Å². The molecular formula is C7H14ClF3N2. The first-order valence-corrected chi connectivity index (χ1v) is 3.98. The van der Waals surface area contributed by atoms with Crippen molar-refractivity contribution in [1.29, 1.82) is 0 Å². The first-order valence-electron chi connectivity index (χ1n) is 3.98. The lowest BCUT2D eigenvalue weighted by atomic mass is 9.88. The minimum Gasteiger partial charge on any atom is -0.317 e. The molecule has 1 aliphatic heterocycles. The Kier molecular flexibility index (Phi) is 4.48. The Morgan fingerprint density at radius 2 is 1.69 bits per heavy atom. The summed E-state index contributed by atoms with van der Waals surface area (Å²) in [5.74, 6) is 0. The van der Waals surface area contributed by atoms with Gasteiger partial charge in [0.2, 0.25) is 0 Å². The van der Waals surface area contributed by atoms with E-state index in [1.807, 2.05) is 0 Å². The fraction of sp³-hybridized carbons (Fsp3) is 1.00. The second-order valence-electron chi connectivity index (χ2n) is 3.08. The summed E-state index contributed by atoms with van der Waals surface area (Å²) in [5, 5.41) is 5.30. The van der Waals surface area contributed by atoms with Crippen molar-refractivity contribution in [1.82, 2.24) is 10.6 Å². The van der Waals surface area contributed by atoms with Gasteiger partial charge in [-0.1, -0.05) is 0 Å². The Morgan fingerprint density at radius 1 is 1.23 bits per heavy atom. The van der Waals surface area contributed by atoms with Crippen LogP contribution in [0.3, 0.4) is 0 Å². The van der Waals surface area contributed by atoms with Crippen LogP contribution in [0.15, 0.2) is 0 Å². The van der Waals surface area contributed by atoms with Gasteiger partial charge < -0.3 is 10.6 Å². The van der Waals surface area contributed by atoms with Gasteiger partial charge in [-0.25, -0.2) is 0 Å². The molecule has 1 fully saturated rings. The summed E-state index contributed by atoms with van der Waals surface area (Å²) in [7, 11) is 1.37. The molecule has 1 saturated heterocycles. The number of halogens is 4. The quantitative estimate of drug-likeness (QED) is 0.694. The van der Waals surface area contributed by atoms with Crippen molar-refractivity contribution >= 4 is 12.4 Å². The van der Waals surface area contributed by atoms with Crippen molar-refractivity contribution in [3.63, 3.8) is 0 Å². The molecule has 2 N–H and O–H groups in total. The molecule has 80 valence electrons. The second-order valence-corrected chi connectivity index (χ2v) is 3.08. The third-order valence-corrected chi connectivity index (χ3v) is 2.48. The molecule has 0 aromatic heterocycles. The lowest BCUT2D eigenvalue weighted by molar-refractivity contribution is -0.202. The summed E-state index contributed by atoms with van der Waals surface area (Å²) >= 11 is 0. The molecule has 0 atom stereocenters. The maximum atomic E-state index is 12.5. The standard InChI is InChI=1S/C7H13F3N2.ClH/c1-11-6(7(8,9)10)2-4-12-5-3-6;/h11-12H,2-5H2,1H3;1H. The molecule has 1 rings (SSSR count). The normalized spacial score (nSPS) is 22.2. The molecule has 0 radical (unpaired) electrons. The predicted octanol–water partition coefficient (Wildman–Crippen LogP) is 1.31. The van der Waals surface area contributed by atoms with Crippen LogP contribution in [0.4, 0.5) is 13.2 Å². The average molecular weight is 219 g/mol. The first-order chi connectivity index (χ1) is 5.52. The molecule has 0 aromatic carbocycles. The largest absolute Gasteiger partial charge is 0.406 e. The molecule has 0 bridgehead atoms. The van der Waals surface area contributed by atoms with E-state index < -0.39 is 11.7 Å². The van der Waals surface area contributed by atoms with Crippen LogP contribution in [-0.4, -0.2) is 31.9 Å². The van der Waals surface area contributed by atoms with Crippen molar-refractivity contribution in [3.8, 4) is 0 Å². The van der Waals surface area contributed by atoms with Gasteiger partial charge in [-0.3, -0.25) is 0 Å². The smallest absolute Gasteiger partial charge is 0.317 e. The number of hydrogen-bond donors (Lipinski definition) is 2. The van der Waals surface area contributed by atoms with E-state index in [1.54, 1.807) is 0 Å². The maximum absolute atomic E-state index is 12.5. The van der Waals surface area contributed by atoms with Crippen LogP contribution >= 0.6 is 12.4 Å².